The minimum Gasteiger partial charge on any atom is -0.459 e. The molecule has 0 fully saturated rings. The Hall–Kier alpha value is -3.25. The highest BCUT2D eigenvalue weighted by molar-refractivity contribution is 6.03. The SMILES string of the molecule is Cc1nc(C(=O)Nc2ccc(F)c(C3(C)N=C(N)OCC3(F)F)c2)c(C(F)(F)F)o1. The lowest BCUT2D eigenvalue weighted by molar-refractivity contribution is -0.153. The molecule has 1 aromatic heterocycles. The Morgan fingerprint density at radius 3 is 2.60 bits per heavy atom. The first-order valence-electron chi connectivity index (χ1n) is 8.26. The number of halogens is 6. The number of oxazole rings is 1. The second kappa shape index (κ2) is 6.92. The smallest absolute Gasteiger partial charge is 0.452 e. The van der Waals surface area contributed by atoms with Gasteiger partial charge in [0, 0.05) is 18.2 Å². The Balaban J connectivity index is 1.99. The third-order valence-electron chi connectivity index (χ3n) is 4.40. The molecule has 2 heterocycles. The fourth-order valence-corrected chi connectivity index (χ4v) is 2.84. The number of ether oxygens (including phenoxy) is 1. The summed E-state index contributed by atoms with van der Waals surface area (Å²) < 4.78 is 91.2. The number of amidine groups is 1. The van der Waals surface area contributed by atoms with E-state index >= 15 is 0 Å². The van der Waals surface area contributed by atoms with Gasteiger partial charge >= 0.3 is 12.1 Å². The first-order chi connectivity index (χ1) is 13.7. The molecule has 162 valence electrons. The second-order valence-corrected chi connectivity index (χ2v) is 6.57. The zero-order valence-electron chi connectivity index (χ0n) is 15.4. The van der Waals surface area contributed by atoms with Crippen LogP contribution in [-0.4, -0.2) is 29.4 Å². The lowest BCUT2D eigenvalue weighted by Gasteiger charge is -2.37. The Morgan fingerprint density at radius 1 is 1.30 bits per heavy atom. The van der Waals surface area contributed by atoms with E-state index in [9.17, 15) is 31.1 Å². The highest BCUT2D eigenvalue weighted by atomic mass is 19.4. The first-order valence-corrected chi connectivity index (χ1v) is 8.26. The molecule has 0 bridgehead atoms. The molecule has 0 aliphatic carbocycles. The number of aliphatic imine (C=N–C) groups is 1. The summed E-state index contributed by atoms with van der Waals surface area (Å²) in [5.41, 5.74) is 0.882. The van der Waals surface area contributed by atoms with Crippen molar-refractivity contribution in [2.24, 2.45) is 10.7 Å². The maximum Gasteiger partial charge on any atom is 0.452 e. The van der Waals surface area contributed by atoms with Crippen LogP contribution in [0.5, 0.6) is 0 Å². The van der Waals surface area contributed by atoms with Crippen molar-refractivity contribution >= 4 is 17.6 Å². The van der Waals surface area contributed by atoms with Crippen molar-refractivity contribution in [3.05, 3.63) is 46.9 Å². The number of aromatic nitrogens is 1. The molecule has 0 saturated carbocycles. The monoisotopic (exact) mass is 436 g/mol. The number of nitrogens with one attached hydrogen (secondary N) is 1. The van der Waals surface area contributed by atoms with E-state index in [1.54, 1.807) is 0 Å². The molecule has 2 aromatic rings. The predicted molar refractivity (Wildman–Crippen MR) is 90.5 cm³/mol. The van der Waals surface area contributed by atoms with E-state index in [0.29, 0.717) is 0 Å². The summed E-state index contributed by atoms with van der Waals surface area (Å²) >= 11 is 0. The van der Waals surface area contributed by atoms with Crippen LogP contribution in [0.3, 0.4) is 0 Å². The minimum absolute atomic E-state index is 0.275. The lowest BCUT2D eigenvalue weighted by Crippen LogP contribution is -2.51. The number of amides is 1. The number of hydrogen-bond donors (Lipinski definition) is 2. The topological polar surface area (TPSA) is 103 Å². The average Bonchev–Trinajstić information content (AvgIpc) is 3.03. The molecule has 1 aliphatic heterocycles. The van der Waals surface area contributed by atoms with Gasteiger partial charge in [0.1, 0.15) is 5.82 Å². The molecule has 13 heteroatoms. The van der Waals surface area contributed by atoms with Crippen LogP contribution in [0.2, 0.25) is 0 Å². The summed E-state index contributed by atoms with van der Waals surface area (Å²) in [6.07, 6.45) is -4.99. The first kappa shape index (κ1) is 21.5. The van der Waals surface area contributed by atoms with Gasteiger partial charge in [0.05, 0.1) is 0 Å². The van der Waals surface area contributed by atoms with Crippen LogP contribution in [0.4, 0.5) is 32.0 Å². The van der Waals surface area contributed by atoms with Gasteiger partial charge in [0.15, 0.2) is 23.7 Å². The highest BCUT2D eigenvalue weighted by Gasteiger charge is 2.56. The fraction of sp³-hybridized carbons (Fsp3) is 0.353. The van der Waals surface area contributed by atoms with E-state index in [2.05, 4.69) is 24.4 Å². The number of benzene rings is 1. The van der Waals surface area contributed by atoms with Crippen LogP contribution in [0.1, 0.15) is 34.6 Å². The Labute approximate surface area is 164 Å². The number of carbonyl (C=O) groups is 1. The molecule has 1 aromatic carbocycles. The predicted octanol–water partition coefficient (Wildman–Crippen LogP) is 3.59. The summed E-state index contributed by atoms with van der Waals surface area (Å²) in [7, 11) is 0. The molecule has 7 nitrogen and oxygen atoms in total. The van der Waals surface area contributed by atoms with E-state index in [0.717, 1.165) is 32.0 Å². The molecule has 30 heavy (non-hydrogen) atoms. The van der Waals surface area contributed by atoms with Crippen molar-refractivity contribution in [1.29, 1.82) is 0 Å². The number of carbonyl (C=O) groups excluding carboxylic acids is 1. The summed E-state index contributed by atoms with van der Waals surface area (Å²) in [5, 5.41) is 2.06. The van der Waals surface area contributed by atoms with E-state index in [4.69, 9.17) is 5.73 Å². The van der Waals surface area contributed by atoms with Crippen molar-refractivity contribution in [3.63, 3.8) is 0 Å². The Bertz CT molecular complexity index is 1030. The van der Waals surface area contributed by atoms with Crippen LogP contribution < -0.4 is 11.1 Å². The normalized spacial score (nSPS) is 21.0. The quantitative estimate of drug-likeness (QED) is 0.716. The summed E-state index contributed by atoms with van der Waals surface area (Å²) in [5.74, 6) is -8.14. The largest absolute Gasteiger partial charge is 0.459 e. The lowest BCUT2D eigenvalue weighted by atomic mass is 9.85. The molecule has 1 atom stereocenters. The van der Waals surface area contributed by atoms with Gasteiger partial charge in [-0.25, -0.2) is 14.4 Å². The van der Waals surface area contributed by atoms with Gasteiger partial charge in [0.2, 0.25) is 5.76 Å². The number of nitrogens with zero attached hydrogens (tertiary/aromatic N) is 2. The van der Waals surface area contributed by atoms with Gasteiger partial charge in [-0.05, 0) is 25.1 Å². The van der Waals surface area contributed by atoms with E-state index < -0.39 is 64.9 Å². The van der Waals surface area contributed by atoms with Crippen LogP contribution in [0.15, 0.2) is 27.6 Å². The number of hydrogen-bond acceptors (Lipinski definition) is 6. The third-order valence-corrected chi connectivity index (χ3v) is 4.40. The molecule has 3 rings (SSSR count). The molecular weight excluding hydrogens is 422 g/mol. The van der Waals surface area contributed by atoms with Crippen molar-refractivity contribution in [3.8, 4) is 0 Å². The van der Waals surface area contributed by atoms with Crippen LogP contribution in [0, 0.1) is 12.7 Å². The molecule has 3 N–H and O–H groups in total. The van der Waals surface area contributed by atoms with E-state index in [1.165, 1.54) is 0 Å². The molecule has 0 radical (unpaired) electrons. The summed E-state index contributed by atoms with van der Waals surface area (Å²) in [6.45, 7) is 0.857. The maximum atomic E-state index is 14.4. The van der Waals surface area contributed by atoms with Crippen molar-refractivity contribution in [2.75, 3.05) is 11.9 Å². The van der Waals surface area contributed by atoms with Crippen LogP contribution >= 0.6 is 0 Å². The van der Waals surface area contributed by atoms with Gasteiger partial charge in [-0.15, -0.1) is 0 Å². The molecule has 1 amide bonds. The van der Waals surface area contributed by atoms with Gasteiger partial charge in [-0.1, -0.05) is 0 Å². The van der Waals surface area contributed by atoms with Gasteiger partial charge in [-0.2, -0.15) is 22.0 Å². The number of anilines is 1. The number of alkyl halides is 5. The van der Waals surface area contributed by atoms with E-state index in [-0.39, 0.29) is 5.69 Å². The molecular formula is C17H14F6N4O3. The number of rotatable bonds is 3. The molecule has 1 unspecified atom stereocenters. The highest BCUT2D eigenvalue weighted by Crippen LogP contribution is 2.45. The molecule has 1 aliphatic rings. The van der Waals surface area contributed by atoms with Gasteiger partial charge in [-0.3, -0.25) is 4.79 Å². The Morgan fingerprint density at radius 2 is 1.97 bits per heavy atom. The van der Waals surface area contributed by atoms with Gasteiger partial charge in [0.25, 0.3) is 11.9 Å². The van der Waals surface area contributed by atoms with Crippen molar-refractivity contribution in [1.82, 2.24) is 4.98 Å². The standard InChI is InChI=1S/C17H14F6N4O3/c1-7-25-11(12(30-7)17(21,22)23)13(28)26-8-3-4-10(18)9(5-8)15(2)16(19,20)6-29-14(24)27-15/h3-5H,6H2,1-2H3,(H2,24,27)(H,26,28). The molecule has 0 saturated heterocycles. The zero-order chi connectivity index (χ0) is 22.5. The Kier molecular flexibility index (Phi) is 4.95. The van der Waals surface area contributed by atoms with Crippen molar-refractivity contribution < 1.29 is 40.3 Å². The van der Waals surface area contributed by atoms with Crippen LogP contribution in [0.25, 0.3) is 0 Å². The minimum atomic E-state index is -4.99. The van der Waals surface area contributed by atoms with E-state index in [1.807, 2.05) is 0 Å². The zero-order valence-corrected chi connectivity index (χ0v) is 15.4. The van der Waals surface area contributed by atoms with Crippen LogP contribution in [-0.2, 0) is 16.5 Å². The maximum absolute atomic E-state index is 14.4. The number of nitrogens with two attached hydrogens (primary N) is 1. The second-order valence-electron chi connectivity index (χ2n) is 6.57. The molecule has 0 spiro atoms. The van der Waals surface area contributed by atoms with Crippen molar-refractivity contribution in [2.45, 2.75) is 31.5 Å². The fourth-order valence-electron chi connectivity index (χ4n) is 2.84. The third kappa shape index (κ3) is 3.66. The summed E-state index contributed by atoms with van der Waals surface area (Å²) in [4.78, 5) is 19.2. The summed E-state index contributed by atoms with van der Waals surface area (Å²) in [6, 6.07) is 1.96. The number of aryl methyl sites for hydroxylation is 1. The average molecular weight is 436 g/mol. The van der Waals surface area contributed by atoms with Gasteiger partial charge < -0.3 is 20.2 Å².